The molecule has 4 heterocycles. The van der Waals surface area contributed by atoms with Crippen molar-refractivity contribution in [2.75, 3.05) is 13.1 Å². The van der Waals surface area contributed by atoms with E-state index in [4.69, 9.17) is 0 Å². The van der Waals surface area contributed by atoms with Crippen molar-refractivity contribution < 1.29 is 0 Å². The van der Waals surface area contributed by atoms with Crippen LogP contribution in [0.25, 0.3) is 44.3 Å². The van der Waals surface area contributed by atoms with Gasteiger partial charge in [0.1, 0.15) is 5.69 Å². The zero-order valence-electron chi connectivity index (χ0n) is 17.4. The van der Waals surface area contributed by atoms with Crippen LogP contribution in [0.4, 0.5) is 0 Å². The number of benzene rings is 2. The highest BCUT2D eigenvalue weighted by molar-refractivity contribution is 5.97. The Morgan fingerprint density at radius 3 is 2.65 bits per heavy atom. The molecular weight excluding hydrogens is 382 g/mol. The molecule has 1 saturated heterocycles. The van der Waals surface area contributed by atoms with Crippen LogP contribution in [0.15, 0.2) is 67.0 Å². The van der Waals surface area contributed by atoms with Crippen LogP contribution in [0, 0.1) is 0 Å². The molecule has 5 nitrogen and oxygen atoms in total. The van der Waals surface area contributed by atoms with Crippen LogP contribution in [0.2, 0.25) is 0 Å². The molecule has 5 heteroatoms. The number of likely N-dealkylation sites (tertiary alicyclic amines) is 1. The van der Waals surface area contributed by atoms with Crippen molar-refractivity contribution in [3.05, 3.63) is 72.6 Å². The van der Waals surface area contributed by atoms with E-state index in [0.29, 0.717) is 0 Å². The summed E-state index contributed by atoms with van der Waals surface area (Å²) < 4.78 is 0. The van der Waals surface area contributed by atoms with Gasteiger partial charge in [0.05, 0.1) is 11.2 Å². The van der Waals surface area contributed by atoms with Gasteiger partial charge in [0.2, 0.25) is 0 Å². The summed E-state index contributed by atoms with van der Waals surface area (Å²) in [5, 5.41) is 10.2. The lowest BCUT2D eigenvalue weighted by Gasteiger charge is -2.26. The Kier molecular flexibility index (Phi) is 4.54. The largest absolute Gasteiger partial charge is 0.353 e. The highest BCUT2D eigenvalue weighted by atomic mass is 15.1. The maximum Gasteiger partial charge on any atom is 0.116 e. The van der Waals surface area contributed by atoms with Crippen LogP contribution in [-0.2, 0) is 6.54 Å². The maximum absolute atomic E-state index is 4.63. The standard InChI is InChI=1S/C26H25N5/c1-2-11-31(12-3-1)17-18-6-8-23-21(13-18)15-25(28-23)26-22-14-19(7-9-24(22)29-30-26)20-5-4-10-27-16-20/h4-10,13-16,28H,1-3,11-12,17H2,(H,29,30). The number of aromatic nitrogens is 4. The van der Waals surface area contributed by atoms with Crippen molar-refractivity contribution in [3.8, 4) is 22.5 Å². The zero-order valence-corrected chi connectivity index (χ0v) is 17.4. The van der Waals surface area contributed by atoms with Gasteiger partial charge in [-0.2, -0.15) is 5.10 Å². The van der Waals surface area contributed by atoms with Gasteiger partial charge >= 0.3 is 0 Å². The predicted molar refractivity (Wildman–Crippen MR) is 126 cm³/mol. The third-order valence-electron chi connectivity index (χ3n) is 6.35. The summed E-state index contributed by atoms with van der Waals surface area (Å²) >= 11 is 0. The Morgan fingerprint density at radius 2 is 1.77 bits per heavy atom. The zero-order chi connectivity index (χ0) is 20.6. The fraction of sp³-hybridized carbons (Fsp3) is 0.231. The number of fused-ring (bicyclic) bond motifs is 2. The molecule has 0 spiro atoms. The van der Waals surface area contributed by atoms with Gasteiger partial charge < -0.3 is 4.98 Å². The Labute approximate surface area is 181 Å². The number of hydrogen-bond donors (Lipinski definition) is 2. The summed E-state index contributed by atoms with van der Waals surface area (Å²) in [5.41, 5.74) is 7.81. The second kappa shape index (κ2) is 7.67. The summed E-state index contributed by atoms with van der Waals surface area (Å²) in [4.78, 5) is 10.4. The van der Waals surface area contributed by atoms with Crippen molar-refractivity contribution in [2.45, 2.75) is 25.8 Å². The molecule has 0 amide bonds. The molecule has 31 heavy (non-hydrogen) atoms. The first-order valence-electron chi connectivity index (χ1n) is 11.1. The molecule has 0 radical (unpaired) electrons. The topological polar surface area (TPSA) is 60.6 Å². The molecule has 0 bridgehead atoms. The smallest absolute Gasteiger partial charge is 0.116 e. The summed E-state index contributed by atoms with van der Waals surface area (Å²) in [6.45, 7) is 3.47. The number of H-pyrrole nitrogens is 2. The highest BCUT2D eigenvalue weighted by Gasteiger charge is 2.14. The van der Waals surface area contributed by atoms with E-state index in [2.05, 4.69) is 73.6 Å². The van der Waals surface area contributed by atoms with Crippen LogP contribution in [0.5, 0.6) is 0 Å². The molecule has 2 aromatic carbocycles. The molecule has 0 unspecified atom stereocenters. The average molecular weight is 408 g/mol. The van der Waals surface area contributed by atoms with Gasteiger partial charge in [0.25, 0.3) is 0 Å². The highest BCUT2D eigenvalue weighted by Crippen LogP contribution is 2.32. The molecule has 1 aliphatic rings. The van der Waals surface area contributed by atoms with Crippen LogP contribution in [-0.4, -0.2) is 38.2 Å². The van der Waals surface area contributed by atoms with Gasteiger partial charge in [0.15, 0.2) is 0 Å². The minimum atomic E-state index is 0.953. The number of rotatable bonds is 4. The summed E-state index contributed by atoms with van der Waals surface area (Å²) in [6.07, 6.45) is 7.72. The van der Waals surface area contributed by atoms with Gasteiger partial charge in [0, 0.05) is 40.8 Å². The van der Waals surface area contributed by atoms with Gasteiger partial charge in [-0.15, -0.1) is 0 Å². The molecule has 1 fully saturated rings. The number of hydrogen-bond acceptors (Lipinski definition) is 3. The summed E-state index contributed by atoms with van der Waals surface area (Å²) in [7, 11) is 0. The number of piperidine rings is 1. The first-order chi connectivity index (χ1) is 15.3. The van der Waals surface area contributed by atoms with Crippen molar-refractivity contribution in [2.24, 2.45) is 0 Å². The monoisotopic (exact) mass is 407 g/mol. The van der Waals surface area contributed by atoms with E-state index in [1.54, 1.807) is 6.20 Å². The molecule has 6 rings (SSSR count). The number of nitrogens with one attached hydrogen (secondary N) is 2. The average Bonchev–Trinajstić information content (AvgIpc) is 3.43. The first kappa shape index (κ1) is 18.3. The number of pyridine rings is 1. The molecule has 2 N–H and O–H groups in total. The fourth-order valence-corrected chi connectivity index (χ4v) is 4.72. The van der Waals surface area contributed by atoms with Crippen LogP contribution in [0.1, 0.15) is 24.8 Å². The fourth-order valence-electron chi connectivity index (χ4n) is 4.72. The Hall–Kier alpha value is -3.44. The van der Waals surface area contributed by atoms with Gasteiger partial charge in [-0.25, -0.2) is 0 Å². The van der Waals surface area contributed by atoms with Crippen molar-refractivity contribution in [1.82, 2.24) is 25.1 Å². The molecule has 0 atom stereocenters. The quantitative estimate of drug-likeness (QED) is 0.398. The Morgan fingerprint density at radius 1 is 0.871 bits per heavy atom. The van der Waals surface area contributed by atoms with E-state index in [9.17, 15) is 0 Å². The lowest BCUT2D eigenvalue weighted by molar-refractivity contribution is 0.221. The molecule has 5 aromatic rings. The van der Waals surface area contributed by atoms with Crippen molar-refractivity contribution in [1.29, 1.82) is 0 Å². The van der Waals surface area contributed by atoms with Crippen molar-refractivity contribution in [3.63, 3.8) is 0 Å². The second-order valence-electron chi connectivity index (χ2n) is 8.52. The molecule has 1 aliphatic heterocycles. The van der Waals surface area contributed by atoms with Crippen LogP contribution >= 0.6 is 0 Å². The van der Waals surface area contributed by atoms with Gasteiger partial charge in [-0.1, -0.05) is 24.6 Å². The van der Waals surface area contributed by atoms with Crippen molar-refractivity contribution >= 4 is 21.8 Å². The normalized spacial score (nSPS) is 15.1. The van der Waals surface area contributed by atoms with Crippen LogP contribution < -0.4 is 0 Å². The molecule has 3 aromatic heterocycles. The lowest BCUT2D eigenvalue weighted by atomic mass is 10.0. The molecule has 0 saturated carbocycles. The van der Waals surface area contributed by atoms with Crippen LogP contribution in [0.3, 0.4) is 0 Å². The van der Waals surface area contributed by atoms with E-state index >= 15 is 0 Å². The molecular formula is C26H25N5. The first-order valence-corrected chi connectivity index (χ1v) is 11.1. The minimum Gasteiger partial charge on any atom is -0.353 e. The third kappa shape index (κ3) is 3.51. The van der Waals surface area contributed by atoms with E-state index in [-0.39, 0.29) is 0 Å². The lowest BCUT2D eigenvalue weighted by Crippen LogP contribution is -2.28. The van der Waals surface area contributed by atoms with Gasteiger partial charge in [-0.05, 0) is 73.5 Å². The number of aromatic amines is 2. The predicted octanol–water partition coefficient (Wildman–Crippen LogP) is 5.76. The Balaban J connectivity index is 1.36. The van der Waals surface area contributed by atoms with E-state index in [0.717, 1.165) is 45.5 Å². The van der Waals surface area contributed by atoms with E-state index < -0.39 is 0 Å². The maximum atomic E-state index is 4.63. The molecule has 154 valence electrons. The third-order valence-corrected chi connectivity index (χ3v) is 6.35. The number of nitrogens with zero attached hydrogens (tertiary/aromatic N) is 3. The van der Waals surface area contributed by atoms with Gasteiger partial charge in [-0.3, -0.25) is 15.0 Å². The SMILES string of the molecule is c1cncc(-c2ccc3[nH]nc(-c4cc5cc(CN6CCCCC6)ccc5[nH]4)c3c2)c1. The minimum absolute atomic E-state index is 0.953. The summed E-state index contributed by atoms with van der Waals surface area (Å²) in [5.74, 6) is 0. The van der Waals surface area contributed by atoms with E-state index in [1.807, 2.05) is 12.3 Å². The van der Waals surface area contributed by atoms with E-state index in [1.165, 1.54) is 43.3 Å². The molecule has 0 aliphatic carbocycles. The Bertz CT molecular complexity index is 1340. The summed E-state index contributed by atoms with van der Waals surface area (Å²) in [6, 6.07) is 19.4. The second-order valence-corrected chi connectivity index (χ2v) is 8.52.